The van der Waals surface area contributed by atoms with Crippen LogP contribution in [0.1, 0.15) is 17.2 Å². The molecule has 4 rings (SSSR count). The first-order valence-corrected chi connectivity index (χ1v) is 7.90. The topological polar surface area (TPSA) is 42.7 Å². The second-order valence-corrected chi connectivity index (χ2v) is 6.15. The molecule has 6 heteroatoms. The quantitative estimate of drug-likeness (QED) is 0.733. The lowest BCUT2D eigenvalue weighted by Gasteiger charge is -2.24. The zero-order valence-corrected chi connectivity index (χ0v) is 13.5. The van der Waals surface area contributed by atoms with Crippen molar-refractivity contribution in [3.05, 3.63) is 82.4 Å². The molecule has 0 bridgehead atoms. The molecule has 4 nitrogen and oxygen atoms in total. The van der Waals surface area contributed by atoms with E-state index in [0.29, 0.717) is 5.95 Å². The number of anilines is 1. The normalized spacial score (nSPS) is 16.4. The Morgan fingerprint density at radius 1 is 1.04 bits per heavy atom. The Morgan fingerprint density at radius 3 is 2.52 bits per heavy atom. The maximum absolute atomic E-state index is 13.2. The van der Waals surface area contributed by atoms with Gasteiger partial charge in [-0.3, -0.25) is 0 Å². The van der Waals surface area contributed by atoms with Gasteiger partial charge >= 0.3 is 0 Å². The Hall–Kier alpha value is -2.47. The fourth-order valence-electron chi connectivity index (χ4n) is 2.63. The lowest BCUT2D eigenvalue weighted by atomic mass is 10.0. The average molecular weight is 371 g/mol. The van der Waals surface area contributed by atoms with Crippen molar-refractivity contribution in [3.63, 3.8) is 0 Å². The fraction of sp³-hybridized carbons (Fsp3) is 0.0588. The van der Waals surface area contributed by atoms with Crippen LogP contribution in [0.3, 0.4) is 0 Å². The molecule has 1 atom stereocenters. The van der Waals surface area contributed by atoms with Gasteiger partial charge in [0.25, 0.3) is 0 Å². The lowest BCUT2D eigenvalue weighted by molar-refractivity contribution is 0.611. The molecule has 1 aliphatic heterocycles. The van der Waals surface area contributed by atoms with Crippen LogP contribution in [-0.2, 0) is 0 Å². The third kappa shape index (κ3) is 2.66. The van der Waals surface area contributed by atoms with E-state index in [0.717, 1.165) is 21.3 Å². The van der Waals surface area contributed by atoms with E-state index >= 15 is 0 Å². The van der Waals surface area contributed by atoms with Gasteiger partial charge < -0.3 is 5.32 Å². The molecule has 23 heavy (non-hydrogen) atoms. The van der Waals surface area contributed by atoms with Crippen LogP contribution in [0, 0.1) is 5.82 Å². The molecular formula is C17H12BrFN4. The summed E-state index contributed by atoms with van der Waals surface area (Å²) in [7, 11) is 0. The number of benzene rings is 2. The maximum Gasteiger partial charge on any atom is 0.226 e. The van der Waals surface area contributed by atoms with E-state index in [9.17, 15) is 4.39 Å². The van der Waals surface area contributed by atoms with Gasteiger partial charge in [0.2, 0.25) is 5.95 Å². The molecule has 0 spiro atoms. The molecule has 1 N–H and O–H groups in total. The molecule has 3 aromatic rings. The van der Waals surface area contributed by atoms with Gasteiger partial charge in [-0.05, 0) is 53.6 Å². The van der Waals surface area contributed by atoms with Crippen LogP contribution in [0.2, 0.25) is 0 Å². The molecule has 0 aliphatic carbocycles. The Morgan fingerprint density at radius 2 is 1.78 bits per heavy atom. The summed E-state index contributed by atoms with van der Waals surface area (Å²) in [6.07, 6.45) is 3.59. The van der Waals surface area contributed by atoms with Crippen LogP contribution in [0.4, 0.5) is 10.3 Å². The Labute approximate surface area is 140 Å². The molecule has 0 saturated carbocycles. The maximum atomic E-state index is 13.2. The summed E-state index contributed by atoms with van der Waals surface area (Å²) < 4.78 is 16.0. The highest BCUT2D eigenvalue weighted by molar-refractivity contribution is 9.10. The van der Waals surface area contributed by atoms with Crippen molar-refractivity contribution in [3.8, 4) is 0 Å². The highest BCUT2D eigenvalue weighted by atomic mass is 79.9. The fourth-order valence-corrected chi connectivity index (χ4v) is 2.89. The summed E-state index contributed by atoms with van der Waals surface area (Å²) in [5.41, 5.74) is 2.89. The van der Waals surface area contributed by atoms with Crippen LogP contribution in [0.25, 0.3) is 5.70 Å². The highest BCUT2D eigenvalue weighted by Gasteiger charge is 2.23. The molecule has 0 saturated heterocycles. The third-order valence-corrected chi connectivity index (χ3v) is 4.30. The molecule has 2 aromatic carbocycles. The van der Waals surface area contributed by atoms with Gasteiger partial charge in [-0.2, -0.15) is 10.1 Å². The zero-order chi connectivity index (χ0) is 15.8. The van der Waals surface area contributed by atoms with E-state index in [1.807, 2.05) is 28.9 Å². The SMILES string of the molecule is Fc1ccc(C2=CC(c3ccc(Br)cc3)n3ncnc3N2)cc1. The minimum Gasteiger partial charge on any atom is -0.324 e. The van der Waals surface area contributed by atoms with Crippen molar-refractivity contribution in [2.24, 2.45) is 0 Å². The standard InChI is InChI=1S/C17H12BrFN4/c18-13-5-1-12(2-6-13)16-9-15(11-3-7-14(19)8-4-11)22-17-20-10-21-23(16)17/h1-10,16H,(H,20,21,22). The Kier molecular flexibility index (Phi) is 3.46. The zero-order valence-electron chi connectivity index (χ0n) is 11.9. The highest BCUT2D eigenvalue weighted by Crippen LogP contribution is 2.32. The van der Waals surface area contributed by atoms with Gasteiger partial charge in [0.1, 0.15) is 18.2 Å². The molecule has 1 unspecified atom stereocenters. The van der Waals surface area contributed by atoms with Crippen molar-refractivity contribution >= 4 is 27.6 Å². The van der Waals surface area contributed by atoms with Gasteiger partial charge in [-0.15, -0.1) is 0 Å². The summed E-state index contributed by atoms with van der Waals surface area (Å²) in [6, 6.07) is 14.4. The van der Waals surface area contributed by atoms with E-state index in [1.54, 1.807) is 12.1 Å². The smallest absolute Gasteiger partial charge is 0.226 e. The van der Waals surface area contributed by atoms with E-state index in [1.165, 1.54) is 18.5 Å². The van der Waals surface area contributed by atoms with E-state index < -0.39 is 0 Å². The van der Waals surface area contributed by atoms with Crippen LogP contribution >= 0.6 is 15.9 Å². The molecule has 0 amide bonds. The first-order chi connectivity index (χ1) is 11.2. The van der Waals surface area contributed by atoms with Crippen LogP contribution in [-0.4, -0.2) is 14.8 Å². The summed E-state index contributed by atoms with van der Waals surface area (Å²) in [5, 5.41) is 7.55. The van der Waals surface area contributed by atoms with Crippen molar-refractivity contribution < 1.29 is 4.39 Å². The summed E-state index contributed by atoms with van der Waals surface area (Å²) >= 11 is 3.45. The number of hydrogen-bond donors (Lipinski definition) is 1. The van der Waals surface area contributed by atoms with Gasteiger partial charge in [-0.1, -0.05) is 28.1 Å². The first kappa shape index (κ1) is 14.1. The number of aromatic nitrogens is 3. The molecule has 114 valence electrons. The van der Waals surface area contributed by atoms with Gasteiger partial charge in [0.15, 0.2) is 0 Å². The summed E-state index contributed by atoms with van der Waals surface area (Å²) in [6.45, 7) is 0. The predicted octanol–water partition coefficient (Wildman–Crippen LogP) is 4.24. The average Bonchev–Trinajstić information content (AvgIpc) is 3.04. The number of rotatable bonds is 2. The second kappa shape index (κ2) is 5.62. The van der Waals surface area contributed by atoms with Crippen LogP contribution in [0.5, 0.6) is 0 Å². The molecule has 0 fully saturated rings. The van der Waals surface area contributed by atoms with Crippen LogP contribution < -0.4 is 5.32 Å². The Bertz CT molecular complexity index is 868. The minimum absolute atomic E-state index is 0.0677. The van der Waals surface area contributed by atoms with Crippen LogP contribution in [0.15, 0.2) is 65.4 Å². The molecule has 0 radical (unpaired) electrons. The number of halogens is 2. The molecular weight excluding hydrogens is 359 g/mol. The van der Waals surface area contributed by atoms with Crippen molar-refractivity contribution in [1.29, 1.82) is 0 Å². The molecule has 1 aliphatic rings. The minimum atomic E-state index is -0.252. The number of fused-ring (bicyclic) bond motifs is 1. The van der Waals surface area contributed by atoms with Gasteiger partial charge in [-0.25, -0.2) is 9.07 Å². The van der Waals surface area contributed by atoms with Crippen molar-refractivity contribution in [1.82, 2.24) is 14.8 Å². The monoisotopic (exact) mass is 370 g/mol. The summed E-state index contributed by atoms with van der Waals surface area (Å²) in [5.74, 6) is 0.414. The van der Waals surface area contributed by atoms with E-state index in [4.69, 9.17) is 0 Å². The second-order valence-electron chi connectivity index (χ2n) is 5.24. The van der Waals surface area contributed by atoms with E-state index in [-0.39, 0.29) is 11.9 Å². The van der Waals surface area contributed by atoms with E-state index in [2.05, 4.69) is 37.4 Å². The molecule has 2 heterocycles. The predicted molar refractivity (Wildman–Crippen MR) is 90.3 cm³/mol. The van der Waals surface area contributed by atoms with Crippen molar-refractivity contribution in [2.45, 2.75) is 6.04 Å². The first-order valence-electron chi connectivity index (χ1n) is 7.10. The largest absolute Gasteiger partial charge is 0.324 e. The third-order valence-electron chi connectivity index (χ3n) is 3.77. The number of allylic oxidation sites excluding steroid dienone is 1. The molecule has 1 aromatic heterocycles. The number of nitrogens with one attached hydrogen (secondary N) is 1. The Balaban J connectivity index is 1.79. The number of hydrogen-bond acceptors (Lipinski definition) is 3. The lowest BCUT2D eigenvalue weighted by Crippen LogP contribution is -2.20. The summed E-state index contributed by atoms with van der Waals surface area (Å²) in [4.78, 5) is 4.26. The van der Waals surface area contributed by atoms with Gasteiger partial charge in [0.05, 0.1) is 0 Å². The number of nitrogens with zero attached hydrogens (tertiary/aromatic N) is 3. The van der Waals surface area contributed by atoms with Crippen molar-refractivity contribution in [2.75, 3.05) is 5.32 Å². The van der Waals surface area contributed by atoms with Gasteiger partial charge in [0, 0.05) is 10.2 Å².